The van der Waals surface area contributed by atoms with Gasteiger partial charge in [0.25, 0.3) is 0 Å². The zero-order chi connectivity index (χ0) is 31.6. The number of esters is 1. The number of nitrogens with one attached hydrogen (secondary N) is 1. The fourth-order valence-corrected chi connectivity index (χ4v) is 5.41. The Morgan fingerprint density at radius 3 is 1.78 bits per heavy atom. The lowest BCUT2D eigenvalue weighted by atomic mass is 9.82. The van der Waals surface area contributed by atoms with E-state index in [4.69, 9.17) is 18.9 Å². The third kappa shape index (κ3) is 9.60. The number of ether oxygens (including phenoxy) is 4. The van der Waals surface area contributed by atoms with Crippen molar-refractivity contribution < 1.29 is 28.5 Å². The van der Waals surface area contributed by atoms with Crippen LogP contribution in [0, 0.1) is 11.8 Å². The normalized spacial score (nSPS) is 16.8. The van der Waals surface area contributed by atoms with Gasteiger partial charge in [0, 0.05) is 12.0 Å². The zero-order valence-corrected chi connectivity index (χ0v) is 26.1. The van der Waals surface area contributed by atoms with Gasteiger partial charge in [-0.05, 0) is 80.1 Å². The molecule has 1 aliphatic rings. The highest BCUT2D eigenvalue weighted by Gasteiger charge is 2.42. The first-order valence-corrected chi connectivity index (χ1v) is 15.4. The van der Waals surface area contributed by atoms with E-state index >= 15 is 0 Å². The summed E-state index contributed by atoms with van der Waals surface area (Å²) >= 11 is 0. The molecule has 1 aliphatic heterocycles. The topological polar surface area (TPSA) is 83.1 Å². The molecule has 1 N–H and O–H groups in total. The number of carbonyl (C=O) groups excluding carboxylic acids is 2. The minimum absolute atomic E-state index is 0.223. The van der Waals surface area contributed by atoms with E-state index in [1.165, 1.54) is 0 Å². The Bertz CT molecular complexity index is 1520. The smallest absolute Gasteiger partial charge is 0.407 e. The second-order valence-electron chi connectivity index (χ2n) is 12.4. The van der Waals surface area contributed by atoms with Gasteiger partial charge in [0.05, 0.1) is 12.5 Å². The van der Waals surface area contributed by atoms with Crippen LogP contribution >= 0.6 is 0 Å². The zero-order valence-electron chi connectivity index (χ0n) is 26.1. The maximum Gasteiger partial charge on any atom is 0.407 e. The molecule has 1 fully saturated rings. The molecule has 3 atom stereocenters. The van der Waals surface area contributed by atoms with Crippen molar-refractivity contribution in [2.75, 3.05) is 6.61 Å². The molecule has 7 heteroatoms. The summed E-state index contributed by atoms with van der Waals surface area (Å²) in [6.07, 6.45) is 0.470. The third-order valence-corrected chi connectivity index (χ3v) is 7.71. The summed E-state index contributed by atoms with van der Waals surface area (Å²) in [7, 11) is 0. The van der Waals surface area contributed by atoms with E-state index in [2.05, 4.69) is 5.32 Å². The van der Waals surface area contributed by atoms with E-state index in [1.807, 2.05) is 130 Å². The van der Waals surface area contributed by atoms with Crippen LogP contribution in [-0.2, 0) is 40.3 Å². The molecule has 0 saturated carbocycles. The predicted molar refractivity (Wildman–Crippen MR) is 173 cm³/mol. The Morgan fingerprint density at radius 2 is 1.27 bits per heavy atom. The van der Waals surface area contributed by atoms with Crippen LogP contribution < -0.4 is 14.8 Å². The fraction of sp³-hybridized carbons (Fsp3) is 0.316. The average Bonchev–Trinajstić information content (AvgIpc) is 3.39. The molecule has 1 saturated heterocycles. The third-order valence-electron chi connectivity index (χ3n) is 7.71. The summed E-state index contributed by atoms with van der Waals surface area (Å²) in [6.45, 7) is 6.66. The predicted octanol–water partition coefficient (Wildman–Crippen LogP) is 7.31. The van der Waals surface area contributed by atoms with Crippen LogP contribution in [0.3, 0.4) is 0 Å². The van der Waals surface area contributed by atoms with E-state index in [1.54, 1.807) is 0 Å². The van der Waals surface area contributed by atoms with Crippen LogP contribution in [0.25, 0.3) is 0 Å². The van der Waals surface area contributed by atoms with Crippen molar-refractivity contribution in [3.63, 3.8) is 0 Å². The van der Waals surface area contributed by atoms with Gasteiger partial charge in [-0.25, -0.2) is 4.79 Å². The molecular weight excluding hydrogens is 566 g/mol. The first-order chi connectivity index (χ1) is 21.7. The number of benzene rings is 4. The maximum atomic E-state index is 13.0. The van der Waals surface area contributed by atoms with Crippen molar-refractivity contribution in [1.29, 1.82) is 0 Å². The van der Waals surface area contributed by atoms with Gasteiger partial charge in [0.1, 0.15) is 30.3 Å². The summed E-state index contributed by atoms with van der Waals surface area (Å²) in [6, 6.07) is 35.3. The van der Waals surface area contributed by atoms with Crippen LogP contribution in [-0.4, -0.2) is 30.3 Å². The molecule has 1 amide bonds. The number of hydrogen-bond donors (Lipinski definition) is 1. The first kappa shape index (κ1) is 31.6. The number of carbonyl (C=O) groups is 2. The lowest BCUT2D eigenvalue weighted by Gasteiger charge is -2.29. The van der Waals surface area contributed by atoms with Gasteiger partial charge in [-0.1, -0.05) is 84.9 Å². The molecule has 5 rings (SSSR count). The van der Waals surface area contributed by atoms with Crippen molar-refractivity contribution in [2.24, 2.45) is 11.8 Å². The van der Waals surface area contributed by atoms with Gasteiger partial charge >= 0.3 is 12.1 Å². The van der Waals surface area contributed by atoms with Crippen LogP contribution in [0.2, 0.25) is 0 Å². The summed E-state index contributed by atoms with van der Waals surface area (Å²) in [5.41, 5.74) is 3.52. The molecule has 0 aromatic heterocycles. The lowest BCUT2D eigenvalue weighted by molar-refractivity contribution is -0.141. The van der Waals surface area contributed by atoms with E-state index < -0.39 is 17.6 Å². The van der Waals surface area contributed by atoms with Crippen LogP contribution in [0.4, 0.5) is 4.79 Å². The van der Waals surface area contributed by atoms with E-state index in [0.29, 0.717) is 26.1 Å². The first-order valence-electron chi connectivity index (χ1n) is 15.4. The van der Waals surface area contributed by atoms with Crippen molar-refractivity contribution >= 4 is 12.1 Å². The molecule has 7 nitrogen and oxygen atoms in total. The van der Waals surface area contributed by atoms with E-state index in [-0.39, 0.29) is 24.5 Å². The second-order valence-corrected chi connectivity index (χ2v) is 12.4. The summed E-state index contributed by atoms with van der Waals surface area (Å²) in [5, 5.41) is 3.06. The number of cyclic esters (lactones) is 1. The number of amides is 1. The highest BCUT2D eigenvalue weighted by molar-refractivity contribution is 5.76. The SMILES string of the molecule is CC(C)(C)OC(=O)N[C@@H](Cc1ccc(OCc2ccccc2)cc1)C1COC(=O)[C@@H]1Cc1ccc(OCc2ccccc2)cc1. The number of alkyl carbamates (subject to hydrolysis) is 1. The highest BCUT2D eigenvalue weighted by Crippen LogP contribution is 2.31. The average molecular weight is 608 g/mol. The van der Waals surface area contributed by atoms with Gasteiger partial charge in [-0.2, -0.15) is 0 Å². The Hall–Kier alpha value is -4.78. The molecule has 1 unspecified atom stereocenters. The molecule has 0 aliphatic carbocycles. The molecule has 4 aromatic rings. The molecule has 1 heterocycles. The monoisotopic (exact) mass is 607 g/mol. The summed E-state index contributed by atoms with van der Waals surface area (Å²) < 4.78 is 23.1. The van der Waals surface area contributed by atoms with Crippen LogP contribution in [0.15, 0.2) is 109 Å². The molecule has 4 aromatic carbocycles. The lowest BCUT2D eigenvalue weighted by Crippen LogP contribution is -2.46. The largest absolute Gasteiger partial charge is 0.489 e. The molecule has 0 radical (unpaired) electrons. The highest BCUT2D eigenvalue weighted by atomic mass is 16.6. The van der Waals surface area contributed by atoms with Gasteiger partial charge in [-0.3, -0.25) is 4.79 Å². The van der Waals surface area contributed by atoms with Crippen molar-refractivity contribution in [3.8, 4) is 11.5 Å². The van der Waals surface area contributed by atoms with Gasteiger partial charge in [0.15, 0.2) is 0 Å². The van der Waals surface area contributed by atoms with Crippen molar-refractivity contribution in [1.82, 2.24) is 5.32 Å². The van der Waals surface area contributed by atoms with Crippen molar-refractivity contribution in [3.05, 3.63) is 131 Å². The van der Waals surface area contributed by atoms with Crippen molar-refractivity contribution in [2.45, 2.75) is 58.5 Å². The van der Waals surface area contributed by atoms with Gasteiger partial charge in [-0.15, -0.1) is 0 Å². The number of rotatable bonds is 12. The number of hydrogen-bond acceptors (Lipinski definition) is 6. The molecule has 0 spiro atoms. The second kappa shape index (κ2) is 14.8. The minimum atomic E-state index is -0.655. The van der Waals surface area contributed by atoms with Crippen LogP contribution in [0.5, 0.6) is 11.5 Å². The summed E-state index contributed by atoms with van der Waals surface area (Å²) in [4.78, 5) is 26.0. The molecule has 0 bridgehead atoms. The maximum absolute atomic E-state index is 13.0. The van der Waals surface area contributed by atoms with Gasteiger partial charge in [0.2, 0.25) is 0 Å². The fourth-order valence-electron chi connectivity index (χ4n) is 5.41. The molecule has 45 heavy (non-hydrogen) atoms. The van der Waals surface area contributed by atoms with Crippen LogP contribution in [0.1, 0.15) is 43.0 Å². The van der Waals surface area contributed by atoms with Gasteiger partial charge < -0.3 is 24.3 Å². The summed E-state index contributed by atoms with van der Waals surface area (Å²) in [5.74, 6) is 0.592. The standard InChI is InChI=1S/C38H41NO6/c1-38(2,3)45-37(41)39-35(23-28-16-20-32(21-17-28)43-25-30-12-8-5-9-13-30)34-26-44-36(40)33(34)22-27-14-18-31(19-15-27)42-24-29-10-6-4-7-11-29/h4-21,33-35H,22-26H2,1-3H3,(H,39,41)/t33-,34?,35+/m1/s1. The molecular formula is C38H41NO6. The van der Waals surface area contributed by atoms with E-state index in [9.17, 15) is 9.59 Å². The Labute approximate surface area is 265 Å². The Kier molecular flexibility index (Phi) is 10.4. The molecule has 234 valence electrons. The Morgan fingerprint density at radius 1 is 0.756 bits per heavy atom. The quantitative estimate of drug-likeness (QED) is 0.170. The Balaban J connectivity index is 1.26. The minimum Gasteiger partial charge on any atom is -0.489 e. The van der Waals surface area contributed by atoms with E-state index in [0.717, 1.165) is 33.8 Å².